The molecule has 1 saturated heterocycles. The topological polar surface area (TPSA) is 90.1 Å². The average molecular weight is 164 g/mol. The largest absolute Gasteiger partial charge is 0.333 e. The second-order valence-electron chi connectivity index (χ2n) is 1.46. The molecule has 0 amide bonds. The minimum absolute atomic E-state index is 1.25. The summed E-state index contributed by atoms with van der Waals surface area (Å²) in [7, 11) is 4.50. The molecule has 0 bridgehead atoms. The smallest absolute Gasteiger partial charge is 0.00484 e. The van der Waals surface area contributed by atoms with E-state index in [4.69, 9.17) is 0 Å². The maximum absolute atomic E-state index is 4.50. The van der Waals surface area contributed by atoms with Crippen molar-refractivity contribution in [2.45, 2.75) is 12.8 Å². The Hall–Kier alpha value is -0.160. The van der Waals surface area contributed by atoms with E-state index in [0.717, 1.165) is 0 Å². The molecule has 0 aliphatic carbocycles. The van der Waals surface area contributed by atoms with Crippen molar-refractivity contribution < 1.29 is 0 Å². The number of hydrogen-bond donors (Lipinski definition) is 4. The van der Waals surface area contributed by atoms with Crippen molar-refractivity contribution >= 4 is 0 Å². The first-order valence-corrected chi connectivity index (χ1v) is 3.94. The van der Waals surface area contributed by atoms with Crippen LogP contribution in [0.15, 0.2) is 0 Å². The van der Waals surface area contributed by atoms with E-state index >= 15 is 0 Å². The van der Waals surface area contributed by atoms with Crippen LogP contribution in [0.4, 0.5) is 0 Å². The van der Waals surface area contributed by atoms with Gasteiger partial charge in [0, 0.05) is 0 Å². The fraction of sp³-hybridized carbons (Fsp3) is 1.00. The van der Waals surface area contributed by atoms with Crippen LogP contribution < -0.4 is 22.5 Å². The number of nitrogens with two attached hydrogens (primary N) is 3. The summed E-state index contributed by atoms with van der Waals surface area (Å²) < 4.78 is 0. The van der Waals surface area contributed by atoms with Crippen LogP contribution in [-0.4, -0.2) is 34.2 Å². The van der Waals surface area contributed by atoms with Crippen LogP contribution in [0.1, 0.15) is 12.8 Å². The average Bonchev–Trinajstić information content (AvgIpc) is 2.71. The van der Waals surface area contributed by atoms with Crippen molar-refractivity contribution in [3.05, 3.63) is 0 Å². The molecule has 7 N–H and O–H groups in total. The number of nitrogens with one attached hydrogen (secondary N) is 1. The molecule has 0 unspecified atom stereocenters. The van der Waals surface area contributed by atoms with Gasteiger partial charge in [0.2, 0.25) is 0 Å². The van der Waals surface area contributed by atoms with Gasteiger partial charge >= 0.3 is 0 Å². The third kappa shape index (κ3) is 25.8. The van der Waals surface area contributed by atoms with Gasteiger partial charge in [-0.05, 0) is 47.1 Å². The van der Waals surface area contributed by atoms with Gasteiger partial charge in [0.25, 0.3) is 0 Å². The zero-order valence-electron chi connectivity index (χ0n) is 8.06. The predicted molar refractivity (Wildman–Crippen MR) is 52.4 cm³/mol. The SMILES string of the molecule is C1CCNC1.CN.CN.CN. The Morgan fingerprint density at radius 1 is 0.727 bits per heavy atom. The van der Waals surface area contributed by atoms with E-state index in [2.05, 4.69) is 22.5 Å². The summed E-state index contributed by atoms with van der Waals surface area (Å²) >= 11 is 0. The second kappa shape index (κ2) is 32.8. The van der Waals surface area contributed by atoms with Gasteiger partial charge in [-0.15, -0.1) is 0 Å². The molecule has 1 fully saturated rings. The van der Waals surface area contributed by atoms with Gasteiger partial charge in [0.1, 0.15) is 0 Å². The molecule has 4 nitrogen and oxygen atoms in total. The highest BCUT2D eigenvalue weighted by atomic mass is 14.9. The molecule has 72 valence electrons. The third-order valence-corrected chi connectivity index (χ3v) is 0.957. The first kappa shape index (κ1) is 17.1. The molecule has 1 aliphatic rings. The van der Waals surface area contributed by atoms with Crippen molar-refractivity contribution in [1.82, 2.24) is 5.32 Å². The Labute approximate surface area is 70.5 Å². The first-order valence-electron chi connectivity index (χ1n) is 3.94. The van der Waals surface area contributed by atoms with Crippen molar-refractivity contribution in [2.24, 2.45) is 17.2 Å². The van der Waals surface area contributed by atoms with Crippen LogP contribution in [0.25, 0.3) is 0 Å². The van der Waals surface area contributed by atoms with Gasteiger partial charge < -0.3 is 22.5 Å². The lowest BCUT2D eigenvalue weighted by molar-refractivity contribution is 0.857. The van der Waals surface area contributed by atoms with E-state index in [1.54, 1.807) is 0 Å². The summed E-state index contributed by atoms with van der Waals surface area (Å²) in [5.41, 5.74) is 13.5. The minimum atomic E-state index is 1.25. The van der Waals surface area contributed by atoms with Crippen LogP contribution >= 0.6 is 0 Å². The van der Waals surface area contributed by atoms with Gasteiger partial charge in [-0.2, -0.15) is 0 Å². The van der Waals surface area contributed by atoms with E-state index in [0.29, 0.717) is 0 Å². The highest BCUT2D eigenvalue weighted by molar-refractivity contribution is 4.55. The van der Waals surface area contributed by atoms with E-state index in [1.807, 2.05) is 0 Å². The summed E-state index contributed by atoms with van der Waals surface area (Å²) in [5.74, 6) is 0. The highest BCUT2D eigenvalue weighted by Gasteiger charge is 1.93. The lowest BCUT2D eigenvalue weighted by atomic mass is 10.4. The Bertz CT molecular complexity index is 22.0. The lowest BCUT2D eigenvalue weighted by Crippen LogP contribution is -2.03. The maximum atomic E-state index is 4.50. The number of hydrogen-bond acceptors (Lipinski definition) is 4. The second-order valence-corrected chi connectivity index (χ2v) is 1.46. The van der Waals surface area contributed by atoms with E-state index in [9.17, 15) is 0 Å². The van der Waals surface area contributed by atoms with Gasteiger partial charge in [0.05, 0.1) is 0 Å². The molecule has 4 heteroatoms. The Morgan fingerprint density at radius 3 is 1.09 bits per heavy atom. The molecule has 1 aliphatic heterocycles. The molecule has 11 heavy (non-hydrogen) atoms. The standard InChI is InChI=1S/C4H9N.3CH5N/c1-2-4-5-3-1;3*1-2/h5H,1-4H2;3*2H2,1H3. The molecule has 0 aromatic heterocycles. The normalized spacial score (nSPS) is 12.5. The Morgan fingerprint density at radius 2 is 1.00 bits per heavy atom. The molecule has 0 radical (unpaired) electrons. The maximum Gasteiger partial charge on any atom is -0.00484 e. The van der Waals surface area contributed by atoms with Gasteiger partial charge in [-0.3, -0.25) is 0 Å². The molecule has 0 aromatic carbocycles. The summed E-state index contributed by atoms with van der Waals surface area (Å²) in [6.45, 7) is 2.50. The zero-order valence-corrected chi connectivity index (χ0v) is 8.06. The van der Waals surface area contributed by atoms with Crippen LogP contribution in [0.3, 0.4) is 0 Å². The molecular formula is C7H24N4. The molecule has 1 rings (SSSR count). The zero-order chi connectivity index (χ0) is 9.54. The summed E-state index contributed by atoms with van der Waals surface area (Å²) in [6.07, 6.45) is 2.78. The first-order chi connectivity index (χ1) is 5.50. The molecule has 1 heterocycles. The molecule has 0 atom stereocenters. The van der Waals surface area contributed by atoms with Gasteiger partial charge in [-0.1, -0.05) is 0 Å². The predicted octanol–water partition coefficient (Wildman–Crippen LogP) is -0.905. The monoisotopic (exact) mass is 164 g/mol. The fourth-order valence-corrected chi connectivity index (χ4v) is 0.625. The van der Waals surface area contributed by atoms with Crippen molar-refractivity contribution in [1.29, 1.82) is 0 Å². The Balaban J connectivity index is -0.0000000933. The van der Waals surface area contributed by atoms with Crippen LogP contribution in [-0.2, 0) is 0 Å². The molecule has 0 aromatic rings. The molecule has 0 spiro atoms. The third-order valence-electron chi connectivity index (χ3n) is 0.957. The summed E-state index contributed by atoms with van der Waals surface area (Å²) in [5, 5.41) is 3.22. The van der Waals surface area contributed by atoms with Crippen LogP contribution in [0.5, 0.6) is 0 Å². The van der Waals surface area contributed by atoms with E-state index < -0.39 is 0 Å². The highest BCUT2D eigenvalue weighted by Crippen LogP contribution is 1.90. The van der Waals surface area contributed by atoms with E-state index in [1.165, 1.54) is 47.1 Å². The van der Waals surface area contributed by atoms with Gasteiger partial charge in [0.15, 0.2) is 0 Å². The van der Waals surface area contributed by atoms with Crippen LogP contribution in [0.2, 0.25) is 0 Å². The molecule has 0 saturated carbocycles. The Kier molecular flexibility index (Phi) is 51.0. The fourth-order valence-electron chi connectivity index (χ4n) is 0.625. The quantitative estimate of drug-likeness (QED) is 0.373. The lowest BCUT2D eigenvalue weighted by Gasteiger charge is -1.76. The summed E-state index contributed by atoms with van der Waals surface area (Å²) in [6, 6.07) is 0. The van der Waals surface area contributed by atoms with Crippen molar-refractivity contribution in [3.63, 3.8) is 0 Å². The minimum Gasteiger partial charge on any atom is -0.333 e. The number of rotatable bonds is 0. The van der Waals surface area contributed by atoms with Gasteiger partial charge in [-0.25, -0.2) is 0 Å². The summed E-state index contributed by atoms with van der Waals surface area (Å²) in [4.78, 5) is 0. The van der Waals surface area contributed by atoms with Crippen molar-refractivity contribution in [3.8, 4) is 0 Å². The van der Waals surface area contributed by atoms with Crippen LogP contribution in [0, 0.1) is 0 Å². The van der Waals surface area contributed by atoms with E-state index in [-0.39, 0.29) is 0 Å². The molecular weight excluding hydrogens is 140 g/mol. The van der Waals surface area contributed by atoms with Crippen molar-refractivity contribution in [2.75, 3.05) is 34.2 Å².